The van der Waals surface area contributed by atoms with Crippen molar-refractivity contribution in [1.82, 2.24) is 60.2 Å². The topological polar surface area (TPSA) is 378 Å². The van der Waals surface area contributed by atoms with Gasteiger partial charge in [-0.15, -0.1) is 0 Å². The van der Waals surface area contributed by atoms with Crippen LogP contribution in [0.2, 0.25) is 0 Å². The van der Waals surface area contributed by atoms with Crippen LogP contribution in [-0.4, -0.2) is 184 Å². The van der Waals surface area contributed by atoms with E-state index in [4.69, 9.17) is 55.8 Å². The standard InChI is InChI=1S/C27H37N3O6.C23H32BN3O5.C17H20BrN3O3.C17H21N3O4.Na.H2O/c1-17(2)34-26(31)19-8-7-11-21(14-19)35-22-12-13-24(28-15-22)25-23(18(3)29-36-25)16-33-27(32)30(4)20-9-5-6-10-20;1-15-18(14-29-21(28)27(6)17-9-7-8-10-17)20(30-26-15)19-12-11-16(13-25-19)24-31-22(2,3)23(4,5)32-24;1-11-14(10-23-17(22)21(2)13-5-3-4-6-13)16(24-20-11)15-8-7-12(18)9-19-15;1-11-14(10-23-17(22)20(2)12-5-3-4-6-12)16(24-19-11)15-8-7-13(21)9-18-15;;/h12-13,15,17,19-21H,5-11,14,16H2,1-4H3;11-13,17H,7-10,14H2,1-6H3;7-9,13H,3-6,10H2,1-2H3;7-9,12,21H,3-6,10H2,1-2H3;;1H2/q;;;;+1;/p-1/t19-,21-;;;;;/m0...../s1. The second-order valence-electron chi connectivity index (χ2n) is 32.0. The first-order chi connectivity index (χ1) is 55.5. The Morgan fingerprint density at radius 2 is 0.814 bits per heavy atom. The van der Waals surface area contributed by atoms with Crippen LogP contribution in [0.25, 0.3) is 45.8 Å². The van der Waals surface area contributed by atoms with E-state index in [0.29, 0.717) is 97.5 Å². The van der Waals surface area contributed by atoms with Crippen LogP contribution in [0.1, 0.15) is 215 Å². The summed E-state index contributed by atoms with van der Waals surface area (Å²) in [4.78, 5) is 86.1. The molecule has 8 aromatic heterocycles. The average Bonchev–Trinajstić information content (AvgIpc) is 1.63. The summed E-state index contributed by atoms with van der Waals surface area (Å²) in [6, 6.07) is 15.3. The molecule has 5 saturated carbocycles. The zero-order valence-corrected chi connectivity index (χ0v) is 74.2. The molecular formula is C84H111BBrN12NaO19. The number of nitrogens with zero attached hydrogens (tertiary/aromatic N) is 12. The van der Waals surface area contributed by atoms with Crippen molar-refractivity contribution in [2.24, 2.45) is 5.92 Å². The molecule has 2 N–H and O–H groups in total. The number of pyridine rings is 4. The molecule has 1 aliphatic heterocycles. The number of halogens is 1. The summed E-state index contributed by atoms with van der Waals surface area (Å²) in [5, 5.41) is 25.4. The minimum absolute atomic E-state index is 0. The number of hydrogen-bond donors (Lipinski definition) is 1. The van der Waals surface area contributed by atoms with Gasteiger partial charge in [0.1, 0.15) is 60.7 Å². The molecule has 0 radical (unpaired) electrons. The third-order valence-corrected chi connectivity index (χ3v) is 23.5. The van der Waals surface area contributed by atoms with E-state index >= 15 is 0 Å². The van der Waals surface area contributed by atoms with Crippen LogP contribution in [0.5, 0.6) is 11.5 Å². The molecule has 6 fully saturated rings. The Hall–Kier alpha value is -8.99. The van der Waals surface area contributed by atoms with Gasteiger partial charge in [-0.3, -0.25) is 14.8 Å². The molecule has 34 heteroatoms. The fourth-order valence-electron chi connectivity index (χ4n) is 15.0. The normalized spacial score (nSPS) is 17.6. The van der Waals surface area contributed by atoms with Crippen LogP contribution in [-0.2, 0) is 64.2 Å². The molecule has 8 aromatic rings. The Labute approximate surface area is 720 Å². The van der Waals surface area contributed by atoms with Gasteiger partial charge < -0.3 is 86.0 Å². The van der Waals surface area contributed by atoms with Gasteiger partial charge in [0.2, 0.25) is 0 Å². The second-order valence-corrected chi connectivity index (χ2v) is 32.9. The number of carbonyl (C=O) groups is 5. The van der Waals surface area contributed by atoms with E-state index in [-0.39, 0.29) is 140 Å². The predicted molar refractivity (Wildman–Crippen MR) is 433 cm³/mol. The first-order valence-electron chi connectivity index (χ1n) is 40.3. The maximum Gasteiger partial charge on any atom is 1.00 e. The van der Waals surface area contributed by atoms with E-state index in [9.17, 15) is 29.1 Å². The fraction of sp³-hybridized carbons (Fsp3) is 0.560. The summed E-state index contributed by atoms with van der Waals surface area (Å²) in [6.45, 7) is 19.4. The molecule has 1 saturated heterocycles. The van der Waals surface area contributed by atoms with Gasteiger partial charge in [0.15, 0.2) is 23.0 Å². The number of aromatic hydroxyl groups is 1. The van der Waals surface area contributed by atoms with Gasteiger partial charge in [-0.1, -0.05) is 78.1 Å². The number of rotatable bonds is 21. The smallest absolute Gasteiger partial charge is 0.870 e. The van der Waals surface area contributed by atoms with Crippen LogP contribution in [0.3, 0.4) is 0 Å². The number of esters is 1. The zero-order chi connectivity index (χ0) is 83.0. The number of hydrogen-bond acceptors (Lipinski definition) is 27. The Balaban J connectivity index is 0.000000181. The Kier molecular flexibility index (Phi) is 33.7. The van der Waals surface area contributed by atoms with Gasteiger partial charge in [-0.05, 0) is 205 Å². The Bertz CT molecular complexity index is 4420. The molecule has 6 aliphatic rings. The summed E-state index contributed by atoms with van der Waals surface area (Å²) in [7, 11) is 6.69. The monoisotopic (exact) mass is 1700 g/mol. The minimum atomic E-state index is -0.482. The Morgan fingerprint density at radius 1 is 0.475 bits per heavy atom. The molecule has 5 aliphatic carbocycles. The number of aromatic nitrogens is 8. The maximum absolute atomic E-state index is 12.5. The van der Waals surface area contributed by atoms with Gasteiger partial charge in [-0.2, -0.15) is 0 Å². The molecule has 0 bridgehead atoms. The fourth-order valence-corrected chi connectivity index (χ4v) is 15.2. The molecule has 14 rings (SSSR count). The molecule has 632 valence electrons. The predicted octanol–water partition coefficient (Wildman–Crippen LogP) is 13.7. The zero-order valence-electron chi connectivity index (χ0n) is 70.6. The number of ether oxygens (including phenoxy) is 6. The van der Waals surface area contributed by atoms with Gasteiger partial charge >= 0.3 is 67.0 Å². The van der Waals surface area contributed by atoms with Crippen LogP contribution < -0.4 is 39.8 Å². The van der Waals surface area contributed by atoms with E-state index in [0.717, 1.165) is 125 Å². The van der Waals surface area contributed by atoms with Crippen LogP contribution >= 0.6 is 15.9 Å². The average molecular weight is 1710 g/mol. The number of aryl methyl sites for hydroxylation is 4. The van der Waals surface area contributed by atoms with Crippen molar-refractivity contribution in [3.05, 3.63) is 123 Å². The molecule has 0 unspecified atom stereocenters. The summed E-state index contributed by atoms with van der Waals surface area (Å²) >= 11 is 3.36. The molecule has 2 atom stereocenters. The quantitative estimate of drug-likeness (QED) is 0.0396. The van der Waals surface area contributed by atoms with Gasteiger partial charge in [0.05, 0.1) is 86.8 Å². The van der Waals surface area contributed by atoms with Crippen molar-refractivity contribution in [3.8, 4) is 57.3 Å². The van der Waals surface area contributed by atoms with Crippen LogP contribution in [0, 0.1) is 33.6 Å². The van der Waals surface area contributed by atoms with Crippen molar-refractivity contribution in [3.63, 3.8) is 0 Å². The van der Waals surface area contributed by atoms with Gasteiger partial charge in [0.25, 0.3) is 0 Å². The molecule has 31 nitrogen and oxygen atoms in total. The van der Waals surface area contributed by atoms with E-state index in [1.165, 1.54) is 25.1 Å². The largest absolute Gasteiger partial charge is 1.00 e. The molecule has 118 heavy (non-hydrogen) atoms. The summed E-state index contributed by atoms with van der Waals surface area (Å²) in [6.07, 6.45) is 25.7. The first-order valence-corrected chi connectivity index (χ1v) is 41.1. The summed E-state index contributed by atoms with van der Waals surface area (Å²) in [5.74, 6) is 2.39. The van der Waals surface area contributed by atoms with Crippen molar-refractivity contribution in [2.75, 3.05) is 28.2 Å². The molecular weight excluding hydrogens is 1590 g/mol. The Morgan fingerprint density at radius 3 is 1.13 bits per heavy atom. The van der Waals surface area contributed by atoms with Crippen molar-refractivity contribution in [2.45, 2.75) is 272 Å². The molecule has 9 heterocycles. The SMILES string of the molecule is Cc1noc(-c2ccc(B3OC(C)(C)C(C)(C)O3)cn2)c1COC(=O)N(C)C1CCCC1.Cc1noc(-c2ccc(Br)cn2)c1COC(=O)N(C)C1CCCC1.Cc1noc(-c2ccc(O)cn2)c1COC(=O)N(C)C1CCCC1.Cc1noc(-c2ccc(O[C@H]3CCC[C@H](C(=O)OC(C)C)C3)cn2)c1COC(=O)N(C)C1CCCC1.[Na+].[OH-]. The third kappa shape index (κ3) is 24.0. The molecule has 0 spiro atoms. The van der Waals surface area contributed by atoms with Crippen molar-refractivity contribution < 1.29 is 120 Å². The van der Waals surface area contributed by atoms with Crippen LogP contribution in [0.15, 0.2) is 95.9 Å². The molecule has 4 amide bonds. The van der Waals surface area contributed by atoms with Gasteiger partial charge in [-0.25, -0.2) is 29.1 Å². The first kappa shape index (κ1) is 92.9. The number of carbonyl (C=O) groups excluding carboxylic acids is 5. The second kappa shape index (κ2) is 42.8. The number of amides is 4. The van der Waals surface area contributed by atoms with E-state index < -0.39 is 18.3 Å². The van der Waals surface area contributed by atoms with E-state index in [1.54, 1.807) is 85.4 Å². The summed E-state index contributed by atoms with van der Waals surface area (Å²) in [5.41, 5.74) is 7.91. The van der Waals surface area contributed by atoms with E-state index in [2.05, 4.69) is 56.5 Å². The van der Waals surface area contributed by atoms with Crippen molar-refractivity contribution >= 4 is 58.9 Å². The minimum Gasteiger partial charge on any atom is -0.870 e. The summed E-state index contributed by atoms with van der Waals surface area (Å²) < 4.78 is 68.4. The maximum atomic E-state index is 12.5. The molecule has 0 aromatic carbocycles. The third-order valence-electron chi connectivity index (χ3n) is 23.0. The van der Waals surface area contributed by atoms with Crippen LogP contribution in [0.4, 0.5) is 19.2 Å². The van der Waals surface area contributed by atoms with E-state index in [1.807, 2.05) is 92.6 Å². The van der Waals surface area contributed by atoms with Gasteiger partial charge in [0, 0.05) is 74.7 Å². The van der Waals surface area contributed by atoms with Crippen molar-refractivity contribution in [1.29, 1.82) is 0 Å².